The highest BCUT2D eigenvalue weighted by molar-refractivity contribution is 8.00. The van der Waals surface area contributed by atoms with Gasteiger partial charge in [0.15, 0.2) is 0 Å². The zero-order valence-corrected chi connectivity index (χ0v) is 9.19. The summed E-state index contributed by atoms with van der Waals surface area (Å²) in [5, 5.41) is 0.547. The number of rotatable bonds is 5. The van der Waals surface area contributed by atoms with E-state index in [1.807, 2.05) is 12.1 Å². The summed E-state index contributed by atoms with van der Waals surface area (Å²) in [7, 11) is 0. The van der Waals surface area contributed by atoms with Gasteiger partial charge in [-0.3, -0.25) is 0 Å². The van der Waals surface area contributed by atoms with Gasteiger partial charge in [0, 0.05) is 10.1 Å². The van der Waals surface area contributed by atoms with Gasteiger partial charge in [-0.1, -0.05) is 6.92 Å². The van der Waals surface area contributed by atoms with Crippen LogP contribution in [0.4, 0.5) is 4.39 Å². The summed E-state index contributed by atoms with van der Waals surface area (Å²) in [5.74, 6) is -0.179. The fourth-order valence-corrected chi connectivity index (χ4v) is 2.34. The Balaban J connectivity index is 2.53. The summed E-state index contributed by atoms with van der Waals surface area (Å²) in [6.45, 7) is 2.86. The largest absolute Gasteiger partial charge is 0.330 e. The van der Waals surface area contributed by atoms with Crippen LogP contribution in [-0.4, -0.2) is 11.8 Å². The van der Waals surface area contributed by atoms with Crippen LogP contribution in [0, 0.1) is 5.82 Å². The highest BCUT2D eigenvalue weighted by Crippen LogP contribution is 2.27. The van der Waals surface area contributed by atoms with Crippen molar-refractivity contribution in [2.45, 2.75) is 29.9 Å². The van der Waals surface area contributed by atoms with Gasteiger partial charge >= 0.3 is 0 Å². The predicted octanol–water partition coefficient (Wildman–Crippen LogP) is 3.05. The highest BCUT2D eigenvalue weighted by Gasteiger charge is 2.06. The fraction of sp³-hybridized carbons (Fsp3) is 0.455. The molecule has 0 radical (unpaired) electrons. The maximum atomic E-state index is 12.6. The van der Waals surface area contributed by atoms with E-state index in [0.717, 1.165) is 17.7 Å². The van der Waals surface area contributed by atoms with Crippen molar-refractivity contribution in [2.24, 2.45) is 5.73 Å². The van der Waals surface area contributed by atoms with Crippen LogP contribution in [-0.2, 0) is 0 Å². The van der Waals surface area contributed by atoms with E-state index in [2.05, 4.69) is 6.92 Å². The molecule has 0 aliphatic heterocycles. The third-order valence-electron chi connectivity index (χ3n) is 2.06. The van der Waals surface area contributed by atoms with E-state index < -0.39 is 0 Å². The third-order valence-corrected chi connectivity index (χ3v) is 3.51. The predicted molar refractivity (Wildman–Crippen MR) is 60.0 cm³/mol. The van der Waals surface area contributed by atoms with Gasteiger partial charge in [-0.15, -0.1) is 11.8 Å². The zero-order chi connectivity index (χ0) is 10.4. The van der Waals surface area contributed by atoms with Crippen molar-refractivity contribution in [3.05, 3.63) is 30.1 Å². The number of hydrogen-bond acceptors (Lipinski definition) is 2. The molecule has 0 saturated heterocycles. The minimum Gasteiger partial charge on any atom is -0.330 e. The molecule has 0 heterocycles. The molecule has 0 fully saturated rings. The first-order valence-electron chi connectivity index (χ1n) is 4.88. The summed E-state index contributed by atoms with van der Waals surface area (Å²) in [6.07, 6.45) is 2.11. The Morgan fingerprint density at radius 2 is 2.00 bits per heavy atom. The van der Waals surface area contributed by atoms with Gasteiger partial charge in [0.05, 0.1) is 0 Å². The Kier molecular flexibility index (Phi) is 4.98. The molecule has 1 unspecified atom stereocenters. The van der Waals surface area contributed by atoms with Crippen LogP contribution in [0.1, 0.15) is 19.8 Å². The maximum absolute atomic E-state index is 12.6. The molecule has 0 aliphatic rings. The van der Waals surface area contributed by atoms with Gasteiger partial charge in [0.1, 0.15) is 5.82 Å². The van der Waals surface area contributed by atoms with Crippen molar-refractivity contribution in [3.63, 3.8) is 0 Å². The summed E-state index contributed by atoms with van der Waals surface area (Å²) >= 11 is 1.78. The van der Waals surface area contributed by atoms with Gasteiger partial charge < -0.3 is 5.73 Å². The Labute approximate surface area is 88.9 Å². The molecule has 0 spiro atoms. The van der Waals surface area contributed by atoms with Crippen LogP contribution >= 0.6 is 11.8 Å². The van der Waals surface area contributed by atoms with Gasteiger partial charge in [0.2, 0.25) is 0 Å². The minimum atomic E-state index is -0.179. The van der Waals surface area contributed by atoms with Gasteiger partial charge in [-0.25, -0.2) is 4.39 Å². The lowest BCUT2D eigenvalue weighted by Crippen LogP contribution is -2.09. The molecule has 1 atom stereocenters. The monoisotopic (exact) mass is 213 g/mol. The molecule has 1 nitrogen and oxygen atoms in total. The van der Waals surface area contributed by atoms with Gasteiger partial charge in [0.25, 0.3) is 0 Å². The van der Waals surface area contributed by atoms with Crippen molar-refractivity contribution < 1.29 is 4.39 Å². The molecule has 1 aromatic carbocycles. The molecule has 0 aliphatic carbocycles. The molecule has 0 amide bonds. The molecular formula is C11H16FNS. The fourth-order valence-electron chi connectivity index (χ4n) is 1.24. The van der Waals surface area contributed by atoms with E-state index >= 15 is 0 Å². The summed E-state index contributed by atoms with van der Waals surface area (Å²) in [4.78, 5) is 1.12. The standard InChI is InChI=1S/C11H16FNS/c1-2-10(7-8-13)14-11-5-3-9(12)4-6-11/h3-6,10H,2,7-8,13H2,1H3. The molecule has 0 aromatic heterocycles. The summed E-state index contributed by atoms with van der Waals surface area (Å²) < 4.78 is 12.6. The van der Waals surface area contributed by atoms with Crippen LogP contribution in [0.25, 0.3) is 0 Å². The van der Waals surface area contributed by atoms with Crippen LogP contribution in [0.15, 0.2) is 29.2 Å². The zero-order valence-electron chi connectivity index (χ0n) is 8.37. The first-order valence-corrected chi connectivity index (χ1v) is 5.76. The molecule has 1 rings (SSSR count). The molecule has 14 heavy (non-hydrogen) atoms. The second-order valence-corrected chi connectivity index (χ2v) is 4.55. The molecule has 2 N–H and O–H groups in total. The Hall–Kier alpha value is -0.540. The number of benzene rings is 1. The molecule has 0 saturated carbocycles. The van der Waals surface area contributed by atoms with E-state index in [1.54, 1.807) is 11.8 Å². The van der Waals surface area contributed by atoms with Crippen LogP contribution in [0.2, 0.25) is 0 Å². The first kappa shape index (κ1) is 11.5. The van der Waals surface area contributed by atoms with Crippen molar-refractivity contribution in [3.8, 4) is 0 Å². The van der Waals surface area contributed by atoms with Gasteiger partial charge in [-0.05, 0) is 43.7 Å². The minimum absolute atomic E-state index is 0.179. The molecule has 0 bridgehead atoms. The normalized spacial score (nSPS) is 12.8. The van der Waals surface area contributed by atoms with E-state index in [4.69, 9.17) is 5.73 Å². The Morgan fingerprint density at radius 3 is 2.50 bits per heavy atom. The molecule has 3 heteroatoms. The van der Waals surface area contributed by atoms with E-state index in [1.165, 1.54) is 12.1 Å². The van der Waals surface area contributed by atoms with Crippen molar-refractivity contribution in [2.75, 3.05) is 6.54 Å². The van der Waals surface area contributed by atoms with Crippen molar-refractivity contribution in [1.82, 2.24) is 0 Å². The van der Waals surface area contributed by atoms with Gasteiger partial charge in [-0.2, -0.15) is 0 Å². The Morgan fingerprint density at radius 1 is 1.36 bits per heavy atom. The average Bonchev–Trinajstić information content (AvgIpc) is 2.20. The van der Waals surface area contributed by atoms with Crippen molar-refractivity contribution in [1.29, 1.82) is 0 Å². The number of thioether (sulfide) groups is 1. The van der Waals surface area contributed by atoms with Crippen LogP contribution in [0.5, 0.6) is 0 Å². The second kappa shape index (κ2) is 6.04. The smallest absolute Gasteiger partial charge is 0.123 e. The molecular weight excluding hydrogens is 197 g/mol. The lowest BCUT2D eigenvalue weighted by molar-refractivity contribution is 0.626. The lowest BCUT2D eigenvalue weighted by atomic mass is 10.2. The second-order valence-electron chi connectivity index (χ2n) is 3.18. The van der Waals surface area contributed by atoms with Crippen LogP contribution < -0.4 is 5.73 Å². The maximum Gasteiger partial charge on any atom is 0.123 e. The van der Waals surface area contributed by atoms with Crippen LogP contribution in [0.3, 0.4) is 0 Å². The number of nitrogens with two attached hydrogens (primary N) is 1. The van der Waals surface area contributed by atoms with E-state index in [0.29, 0.717) is 11.8 Å². The summed E-state index contributed by atoms with van der Waals surface area (Å²) in [6, 6.07) is 6.63. The number of halogens is 1. The third kappa shape index (κ3) is 3.68. The highest BCUT2D eigenvalue weighted by atomic mass is 32.2. The van der Waals surface area contributed by atoms with Crippen molar-refractivity contribution >= 4 is 11.8 Å². The molecule has 78 valence electrons. The van der Waals surface area contributed by atoms with E-state index in [-0.39, 0.29) is 5.82 Å². The SMILES string of the molecule is CCC(CCN)Sc1ccc(F)cc1. The average molecular weight is 213 g/mol. The lowest BCUT2D eigenvalue weighted by Gasteiger charge is -2.12. The number of hydrogen-bond donors (Lipinski definition) is 1. The molecule has 1 aromatic rings. The van der Waals surface area contributed by atoms with E-state index in [9.17, 15) is 4.39 Å². The Bertz CT molecular complexity index is 260. The topological polar surface area (TPSA) is 26.0 Å². The summed E-state index contributed by atoms with van der Waals surface area (Å²) in [5.41, 5.74) is 5.51. The quantitative estimate of drug-likeness (QED) is 0.761. The first-order chi connectivity index (χ1) is 6.76.